The molecular weight excluding hydrogens is 178 g/mol. The van der Waals surface area contributed by atoms with Crippen LogP contribution in [0.3, 0.4) is 0 Å². The van der Waals surface area contributed by atoms with Crippen LogP contribution in [0, 0.1) is 0 Å². The molecule has 0 N–H and O–H groups in total. The second-order valence-corrected chi connectivity index (χ2v) is 5.37. The van der Waals surface area contributed by atoms with Crippen LogP contribution in [-0.4, -0.2) is 36.5 Å². The average molecular weight is 201 g/mol. The van der Waals surface area contributed by atoms with Crippen molar-refractivity contribution in [1.29, 1.82) is 0 Å². The molecule has 0 aliphatic carbocycles. The molecule has 1 rings (SSSR count). The van der Waals surface area contributed by atoms with Gasteiger partial charge in [-0.15, -0.1) is 0 Å². The molecule has 0 radical (unpaired) electrons. The van der Waals surface area contributed by atoms with Crippen molar-refractivity contribution in [2.24, 2.45) is 0 Å². The van der Waals surface area contributed by atoms with Crippen LogP contribution in [0.2, 0.25) is 0 Å². The molecule has 1 saturated heterocycles. The van der Waals surface area contributed by atoms with Crippen molar-refractivity contribution < 1.29 is 9.57 Å². The minimum atomic E-state index is 0.0389. The summed E-state index contributed by atoms with van der Waals surface area (Å²) in [6.07, 6.45) is 2.37. The SMILES string of the molecule is COC1CC(C)(C)N(OC)C(C)(C)C1. The van der Waals surface area contributed by atoms with Gasteiger partial charge in [-0.1, -0.05) is 0 Å². The van der Waals surface area contributed by atoms with Crippen molar-refractivity contribution in [3.05, 3.63) is 0 Å². The quantitative estimate of drug-likeness (QED) is 0.683. The topological polar surface area (TPSA) is 21.7 Å². The standard InChI is InChI=1S/C11H23NO2/c1-10(2)7-9(13-5)8-11(3,4)12(10)14-6/h9H,7-8H2,1-6H3. The van der Waals surface area contributed by atoms with E-state index in [2.05, 4.69) is 32.8 Å². The average Bonchev–Trinajstić information content (AvgIpc) is 2.00. The number of rotatable bonds is 2. The molecule has 1 aliphatic rings. The van der Waals surface area contributed by atoms with Gasteiger partial charge in [-0.3, -0.25) is 0 Å². The number of hydroxylamine groups is 2. The second-order valence-electron chi connectivity index (χ2n) is 5.37. The molecule has 1 heterocycles. The third-order valence-electron chi connectivity index (χ3n) is 3.07. The van der Waals surface area contributed by atoms with Crippen molar-refractivity contribution in [2.45, 2.75) is 57.7 Å². The van der Waals surface area contributed by atoms with E-state index in [0.717, 1.165) is 12.8 Å². The van der Waals surface area contributed by atoms with Gasteiger partial charge >= 0.3 is 0 Å². The van der Waals surface area contributed by atoms with Crippen molar-refractivity contribution in [3.63, 3.8) is 0 Å². The Morgan fingerprint density at radius 1 is 1.00 bits per heavy atom. The van der Waals surface area contributed by atoms with E-state index in [0.29, 0.717) is 6.10 Å². The summed E-state index contributed by atoms with van der Waals surface area (Å²) in [6, 6.07) is 0. The van der Waals surface area contributed by atoms with Gasteiger partial charge in [0.05, 0.1) is 13.2 Å². The van der Waals surface area contributed by atoms with E-state index in [4.69, 9.17) is 9.57 Å². The summed E-state index contributed by atoms with van der Waals surface area (Å²) in [5, 5.41) is 2.09. The van der Waals surface area contributed by atoms with E-state index < -0.39 is 0 Å². The van der Waals surface area contributed by atoms with Crippen LogP contribution in [0.5, 0.6) is 0 Å². The summed E-state index contributed by atoms with van der Waals surface area (Å²) in [7, 11) is 3.54. The lowest BCUT2D eigenvalue weighted by atomic mass is 9.80. The molecular formula is C11H23NO2. The molecule has 3 nitrogen and oxygen atoms in total. The van der Waals surface area contributed by atoms with Crippen LogP contribution in [0.25, 0.3) is 0 Å². The van der Waals surface area contributed by atoms with Gasteiger partial charge in [0.15, 0.2) is 0 Å². The lowest BCUT2D eigenvalue weighted by Gasteiger charge is -2.52. The van der Waals surface area contributed by atoms with Gasteiger partial charge in [-0.05, 0) is 40.5 Å². The summed E-state index contributed by atoms with van der Waals surface area (Å²) in [5.41, 5.74) is 0.0777. The minimum Gasteiger partial charge on any atom is -0.381 e. The molecule has 0 spiro atoms. The van der Waals surface area contributed by atoms with Crippen molar-refractivity contribution in [2.75, 3.05) is 14.2 Å². The van der Waals surface area contributed by atoms with Crippen molar-refractivity contribution >= 4 is 0 Å². The number of hydrogen-bond donors (Lipinski definition) is 0. The van der Waals surface area contributed by atoms with Crippen molar-refractivity contribution in [1.82, 2.24) is 5.06 Å². The van der Waals surface area contributed by atoms with Gasteiger partial charge in [0, 0.05) is 18.2 Å². The molecule has 0 aromatic heterocycles. The second kappa shape index (κ2) is 3.80. The highest BCUT2D eigenvalue weighted by molar-refractivity contribution is 4.96. The Morgan fingerprint density at radius 3 is 1.71 bits per heavy atom. The summed E-state index contributed by atoms with van der Waals surface area (Å²) in [4.78, 5) is 5.49. The van der Waals surface area contributed by atoms with Crippen LogP contribution >= 0.6 is 0 Å². The molecule has 0 bridgehead atoms. The molecule has 0 amide bonds. The first kappa shape index (κ1) is 12.0. The number of nitrogens with zero attached hydrogens (tertiary/aromatic N) is 1. The third kappa shape index (κ3) is 2.10. The Morgan fingerprint density at radius 2 is 1.43 bits per heavy atom. The van der Waals surface area contributed by atoms with Gasteiger partial charge in [-0.25, -0.2) is 0 Å². The zero-order valence-electron chi connectivity index (χ0n) is 10.3. The monoisotopic (exact) mass is 201 g/mol. The summed E-state index contributed by atoms with van der Waals surface area (Å²) < 4.78 is 5.47. The zero-order valence-corrected chi connectivity index (χ0v) is 10.3. The van der Waals surface area contributed by atoms with E-state index in [1.807, 2.05) is 0 Å². The van der Waals surface area contributed by atoms with E-state index in [-0.39, 0.29) is 11.1 Å². The number of hydrogen-bond acceptors (Lipinski definition) is 3. The smallest absolute Gasteiger partial charge is 0.0608 e. The molecule has 1 fully saturated rings. The Bertz CT molecular complexity index is 183. The fourth-order valence-corrected chi connectivity index (χ4v) is 2.83. The van der Waals surface area contributed by atoms with Gasteiger partial charge in [0.2, 0.25) is 0 Å². The number of piperidine rings is 1. The molecule has 0 atom stereocenters. The molecule has 0 saturated carbocycles. The summed E-state index contributed by atoms with van der Waals surface area (Å²) in [5.74, 6) is 0. The Balaban J connectivity index is 2.87. The fraction of sp³-hybridized carbons (Fsp3) is 1.00. The first-order valence-corrected chi connectivity index (χ1v) is 5.21. The predicted octanol–water partition coefficient (Wildman–Crippen LogP) is 2.22. The largest absolute Gasteiger partial charge is 0.381 e. The summed E-state index contributed by atoms with van der Waals surface area (Å²) >= 11 is 0. The molecule has 0 aromatic carbocycles. The highest BCUT2D eigenvalue weighted by Crippen LogP contribution is 2.39. The first-order chi connectivity index (χ1) is 6.33. The maximum atomic E-state index is 5.49. The molecule has 0 unspecified atom stereocenters. The lowest BCUT2D eigenvalue weighted by molar-refractivity contribution is -0.278. The maximum Gasteiger partial charge on any atom is 0.0608 e. The maximum absolute atomic E-state index is 5.49. The molecule has 0 aromatic rings. The molecule has 84 valence electrons. The van der Waals surface area contributed by atoms with E-state index in [1.165, 1.54) is 0 Å². The van der Waals surface area contributed by atoms with Crippen LogP contribution in [0.1, 0.15) is 40.5 Å². The van der Waals surface area contributed by atoms with Crippen LogP contribution in [0.4, 0.5) is 0 Å². The predicted molar refractivity (Wildman–Crippen MR) is 57.0 cm³/mol. The molecule has 1 aliphatic heterocycles. The minimum absolute atomic E-state index is 0.0389. The zero-order chi connectivity index (χ0) is 11.0. The lowest BCUT2D eigenvalue weighted by Crippen LogP contribution is -2.61. The molecule has 14 heavy (non-hydrogen) atoms. The van der Waals surface area contributed by atoms with E-state index in [1.54, 1.807) is 14.2 Å². The Hall–Kier alpha value is -0.120. The fourth-order valence-electron chi connectivity index (χ4n) is 2.83. The molecule has 3 heteroatoms. The van der Waals surface area contributed by atoms with E-state index >= 15 is 0 Å². The first-order valence-electron chi connectivity index (χ1n) is 5.21. The highest BCUT2D eigenvalue weighted by atomic mass is 16.7. The van der Waals surface area contributed by atoms with Crippen molar-refractivity contribution in [3.8, 4) is 0 Å². The number of methoxy groups -OCH3 is 1. The van der Waals surface area contributed by atoms with Crippen LogP contribution in [0.15, 0.2) is 0 Å². The summed E-state index contributed by atoms with van der Waals surface area (Å²) in [6.45, 7) is 8.79. The van der Waals surface area contributed by atoms with Crippen LogP contribution < -0.4 is 0 Å². The highest BCUT2D eigenvalue weighted by Gasteiger charge is 2.46. The number of ether oxygens (including phenoxy) is 1. The normalized spacial score (nSPS) is 27.9. The Labute approximate surface area is 87.3 Å². The van der Waals surface area contributed by atoms with Crippen LogP contribution in [-0.2, 0) is 9.57 Å². The van der Waals surface area contributed by atoms with Gasteiger partial charge in [-0.2, -0.15) is 5.06 Å². The van der Waals surface area contributed by atoms with Gasteiger partial charge in [0.25, 0.3) is 0 Å². The van der Waals surface area contributed by atoms with E-state index in [9.17, 15) is 0 Å². The third-order valence-corrected chi connectivity index (χ3v) is 3.07. The Kier molecular flexibility index (Phi) is 3.24. The van der Waals surface area contributed by atoms with Gasteiger partial charge in [0.1, 0.15) is 0 Å². The van der Waals surface area contributed by atoms with Gasteiger partial charge < -0.3 is 9.57 Å².